The molecule has 1 aromatic carbocycles. The lowest BCUT2D eigenvalue weighted by Gasteiger charge is -2.12. The van der Waals surface area contributed by atoms with E-state index in [1.165, 1.54) is 13.0 Å². The van der Waals surface area contributed by atoms with Gasteiger partial charge >= 0.3 is 12.1 Å². The molecule has 0 spiro atoms. The number of hydrogen-bond donors (Lipinski definition) is 2. The molecule has 0 fully saturated rings. The highest BCUT2D eigenvalue weighted by molar-refractivity contribution is 8.00. The smallest absolute Gasteiger partial charge is 0.389 e. The van der Waals surface area contributed by atoms with Crippen molar-refractivity contribution in [1.82, 2.24) is 5.32 Å². The summed E-state index contributed by atoms with van der Waals surface area (Å²) in [6.45, 7) is 1.40. The summed E-state index contributed by atoms with van der Waals surface area (Å²) in [5, 5.41) is 10.6. The van der Waals surface area contributed by atoms with Crippen LogP contribution in [0, 0.1) is 0 Å². The molecule has 1 aromatic rings. The Hall–Kier alpha value is -1.70. The molecule has 0 bridgehead atoms. The molecule has 0 aliphatic heterocycles. The van der Waals surface area contributed by atoms with E-state index in [2.05, 4.69) is 5.32 Å². The third-order valence-corrected chi connectivity index (χ3v) is 3.87. The van der Waals surface area contributed by atoms with Crippen LogP contribution in [0.25, 0.3) is 0 Å². The Bertz CT molecular complexity index is 534. The number of amides is 1. The van der Waals surface area contributed by atoms with E-state index in [0.29, 0.717) is 4.90 Å². The number of aliphatic carboxylic acids is 1. The van der Waals surface area contributed by atoms with Gasteiger partial charge in [-0.05, 0) is 25.5 Å². The Morgan fingerprint density at radius 2 is 1.95 bits per heavy atom. The molecule has 0 aliphatic rings. The normalized spacial score (nSPS) is 12.7. The molecule has 0 aliphatic carbocycles. The van der Waals surface area contributed by atoms with Crippen LogP contribution in [0.3, 0.4) is 0 Å². The Morgan fingerprint density at radius 1 is 1.32 bits per heavy atom. The number of hydrogen-bond acceptors (Lipinski definition) is 3. The number of carbonyl (C=O) groups excluding carboxylic acids is 1. The zero-order chi connectivity index (χ0) is 16.8. The Balaban J connectivity index is 2.63. The van der Waals surface area contributed by atoms with Gasteiger partial charge in [0.25, 0.3) is 5.91 Å². The van der Waals surface area contributed by atoms with E-state index < -0.39 is 29.7 Å². The summed E-state index contributed by atoms with van der Waals surface area (Å²) in [6.07, 6.45) is -5.40. The van der Waals surface area contributed by atoms with Crippen molar-refractivity contribution in [3.63, 3.8) is 0 Å². The molecule has 8 heteroatoms. The monoisotopic (exact) mass is 335 g/mol. The van der Waals surface area contributed by atoms with Gasteiger partial charge in [-0.1, -0.05) is 12.1 Å². The highest BCUT2D eigenvalue weighted by Gasteiger charge is 2.26. The summed E-state index contributed by atoms with van der Waals surface area (Å²) in [7, 11) is 0. The van der Waals surface area contributed by atoms with Gasteiger partial charge in [0.15, 0.2) is 0 Å². The van der Waals surface area contributed by atoms with Crippen LogP contribution in [0.15, 0.2) is 29.2 Å². The summed E-state index contributed by atoms with van der Waals surface area (Å²) >= 11 is 1.01. The van der Waals surface area contributed by atoms with Gasteiger partial charge in [0.2, 0.25) is 0 Å². The largest absolute Gasteiger partial charge is 0.480 e. The third kappa shape index (κ3) is 6.38. The molecule has 0 heterocycles. The number of halogens is 3. The highest BCUT2D eigenvalue weighted by atomic mass is 32.2. The van der Waals surface area contributed by atoms with Crippen LogP contribution in [-0.2, 0) is 4.79 Å². The van der Waals surface area contributed by atoms with Crippen LogP contribution in [0.2, 0.25) is 0 Å². The predicted molar refractivity (Wildman–Crippen MR) is 77.0 cm³/mol. The molecule has 1 rings (SSSR count). The second kappa shape index (κ2) is 8.07. The van der Waals surface area contributed by atoms with Crippen molar-refractivity contribution in [3.05, 3.63) is 29.8 Å². The van der Waals surface area contributed by atoms with Gasteiger partial charge in [0.1, 0.15) is 5.25 Å². The van der Waals surface area contributed by atoms with Crippen molar-refractivity contribution in [2.24, 2.45) is 0 Å². The minimum absolute atomic E-state index is 0.0914. The number of thioether (sulfide) groups is 1. The molecule has 1 unspecified atom stereocenters. The maximum Gasteiger partial charge on any atom is 0.389 e. The predicted octanol–water partition coefficient (Wildman–Crippen LogP) is 3.32. The fraction of sp³-hybridized carbons (Fsp3) is 0.429. The summed E-state index contributed by atoms with van der Waals surface area (Å²) in [5.74, 6) is -1.52. The molecule has 2 N–H and O–H groups in total. The van der Waals surface area contributed by atoms with Gasteiger partial charge in [-0.15, -0.1) is 11.8 Å². The van der Waals surface area contributed by atoms with E-state index in [9.17, 15) is 22.8 Å². The van der Waals surface area contributed by atoms with Gasteiger partial charge < -0.3 is 10.4 Å². The van der Waals surface area contributed by atoms with Gasteiger partial charge in [0.05, 0.1) is 5.56 Å². The number of benzene rings is 1. The molecule has 0 saturated heterocycles. The number of carboxylic acids is 1. The minimum atomic E-state index is -4.24. The Kier molecular flexibility index (Phi) is 6.73. The fourth-order valence-corrected chi connectivity index (χ4v) is 2.51. The highest BCUT2D eigenvalue weighted by Crippen LogP contribution is 2.27. The molecule has 1 amide bonds. The number of rotatable bonds is 7. The molecule has 0 radical (unpaired) electrons. The van der Waals surface area contributed by atoms with Crippen molar-refractivity contribution in [2.75, 3.05) is 6.54 Å². The summed E-state index contributed by atoms with van der Waals surface area (Å²) < 4.78 is 36.0. The second-order valence-electron chi connectivity index (χ2n) is 4.57. The lowest BCUT2D eigenvalue weighted by Crippen LogP contribution is -2.26. The third-order valence-electron chi connectivity index (χ3n) is 2.71. The topological polar surface area (TPSA) is 66.4 Å². The number of carbonyl (C=O) groups is 2. The Morgan fingerprint density at radius 3 is 2.55 bits per heavy atom. The standard InChI is InChI=1S/C14H16F3NO3S/c1-9(13(20)21)22-11-6-3-2-5-10(11)12(19)18-8-4-7-14(15,16)17/h2-3,5-6,9H,4,7-8H2,1H3,(H,18,19)(H,20,21). The van der Waals surface area contributed by atoms with E-state index in [1.54, 1.807) is 18.2 Å². The summed E-state index contributed by atoms with van der Waals surface area (Å²) in [6, 6.07) is 6.39. The summed E-state index contributed by atoms with van der Waals surface area (Å²) in [4.78, 5) is 23.3. The van der Waals surface area contributed by atoms with Crippen molar-refractivity contribution in [1.29, 1.82) is 0 Å². The number of carboxylic acid groups (broad SMARTS) is 1. The van der Waals surface area contributed by atoms with Gasteiger partial charge in [0, 0.05) is 17.9 Å². The van der Waals surface area contributed by atoms with Crippen LogP contribution in [0.5, 0.6) is 0 Å². The second-order valence-corrected chi connectivity index (χ2v) is 5.95. The summed E-state index contributed by atoms with van der Waals surface area (Å²) in [5.41, 5.74) is 0.257. The van der Waals surface area contributed by atoms with Gasteiger partial charge in [-0.2, -0.15) is 13.2 Å². The minimum Gasteiger partial charge on any atom is -0.480 e. The molecule has 122 valence electrons. The average Bonchev–Trinajstić information content (AvgIpc) is 2.42. The van der Waals surface area contributed by atoms with E-state index in [1.807, 2.05) is 0 Å². The van der Waals surface area contributed by atoms with E-state index in [-0.39, 0.29) is 18.5 Å². The van der Waals surface area contributed by atoms with Crippen molar-refractivity contribution in [2.45, 2.75) is 36.1 Å². The van der Waals surface area contributed by atoms with E-state index in [0.717, 1.165) is 11.8 Å². The molecule has 4 nitrogen and oxygen atoms in total. The van der Waals surface area contributed by atoms with Crippen LogP contribution in [0.4, 0.5) is 13.2 Å². The van der Waals surface area contributed by atoms with Crippen molar-refractivity contribution in [3.8, 4) is 0 Å². The van der Waals surface area contributed by atoms with Crippen molar-refractivity contribution < 1.29 is 27.9 Å². The zero-order valence-electron chi connectivity index (χ0n) is 11.8. The average molecular weight is 335 g/mol. The molecular weight excluding hydrogens is 319 g/mol. The maximum absolute atomic E-state index is 12.0. The van der Waals surface area contributed by atoms with E-state index in [4.69, 9.17) is 5.11 Å². The molecule has 1 atom stereocenters. The van der Waals surface area contributed by atoms with E-state index >= 15 is 0 Å². The van der Waals surface area contributed by atoms with Gasteiger partial charge in [-0.25, -0.2) is 0 Å². The maximum atomic E-state index is 12.0. The first-order chi connectivity index (χ1) is 10.2. The lowest BCUT2D eigenvalue weighted by molar-refractivity contribution is -0.136. The zero-order valence-corrected chi connectivity index (χ0v) is 12.6. The first kappa shape index (κ1) is 18.3. The van der Waals surface area contributed by atoms with Crippen molar-refractivity contribution >= 4 is 23.6 Å². The fourth-order valence-electron chi connectivity index (χ4n) is 1.58. The van der Waals surface area contributed by atoms with Crippen LogP contribution in [0.1, 0.15) is 30.1 Å². The molecular formula is C14H16F3NO3S. The molecule has 0 saturated carbocycles. The van der Waals surface area contributed by atoms with Gasteiger partial charge in [-0.3, -0.25) is 9.59 Å². The first-order valence-corrected chi connectivity index (χ1v) is 7.42. The van der Waals surface area contributed by atoms with Crippen LogP contribution < -0.4 is 5.32 Å². The molecule has 0 aromatic heterocycles. The van der Waals surface area contributed by atoms with Crippen LogP contribution in [-0.4, -0.2) is 35.0 Å². The number of alkyl halides is 3. The lowest BCUT2D eigenvalue weighted by atomic mass is 10.2. The molecule has 22 heavy (non-hydrogen) atoms. The Labute approximate surface area is 130 Å². The first-order valence-electron chi connectivity index (χ1n) is 6.54. The quantitative estimate of drug-likeness (QED) is 0.592. The SMILES string of the molecule is CC(Sc1ccccc1C(=O)NCCCC(F)(F)F)C(=O)O. The van der Waals surface area contributed by atoms with Crippen LogP contribution >= 0.6 is 11.8 Å². The number of nitrogens with one attached hydrogen (secondary N) is 1.